The van der Waals surface area contributed by atoms with E-state index in [1.165, 1.54) is 37.0 Å². The van der Waals surface area contributed by atoms with Crippen LogP contribution >= 0.6 is 43.2 Å². The van der Waals surface area contributed by atoms with Gasteiger partial charge >= 0.3 is 0 Å². The van der Waals surface area contributed by atoms with Gasteiger partial charge < -0.3 is 5.73 Å². The van der Waals surface area contributed by atoms with E-state index in [-0.39, 0.29) is 6.04 Å². The van der Waals surface area contributed by atoms with Crippen LogP contribution in [0.25, 0.3) is 0 Å². The second-order valence-corrected chi connectivity index (χ2v) is 8.25. The number of nitrogens with two attached hydrogens (primary N) is 1. The first kappa shape index (κ1) is 14.0. The van der Waals surface area contributed by atoms with Gasteiger partial charge in [-0.25, -0.2) is 0 Å². The Bertz CT molecular complexity index is 358. The van der Waals surface area contributed by atoms with Crippen molar-refractivity contribution >= 4 is 43.2 Å². The molecule has 0 spiro atoms. The minimum atomic E-state index is 0.219. The number of hydrogen-bond donors (Lipinski definition) is 1. The molecule has 0 amide bonds. The molecule has 1 heterocycles. The minimum Gasteiger partial charge on any atom is -0.323 e. The van der Waals surface area contributed by atoms with Crippen molar-refractivity contribution in [1.82, 2.24) is 0 Å². The Morgan fingerprint density at radius 1 is 1.47 bits per heavy atom. The minimum absolute atomic E-state index is 0.219. The van der Waals surface area contributed by atoms with Gasteiger partial charge in [-0.1, -0.05) is 26.2 Å². The van der Waals surface area contributed by atoms with Crippen molar-refractivity contribution in [3.05, 3.63) is 19.2 Å². The van der Waals surface area contributed by atoms with Crippen LogP contribution in [-0.4, -0.2) is 0 Å². The molecule has 3 atom stereocenters. The van der Waals surface area contributed by atoms with E-state index in [1.54, 1.807) is 11.3 Å². The highest BCUT2D eigenvalue weighted by atomic mass is 79.9. The second kappa shape index (κ2) is 6.18. The molecule has 1 aliphatic carbocycles. The zero-order valence-electron chi connectivity index (χ0n) is 10.1. The molecule has 4 heteroatoms. The Morgan fingerprint density at radius 2 is 2.24 bits per heavy atom. The van der Waals surface area contributed by atoms with Crippen LogP contribution in [0.5, 0.6) is 0 Å². The van der Waals surface area contributed by atoms with Gasteiger partial charge in [-0.3, -0.25) is 0 Å². The number of thiophene rings is 1. The van der Waals surface area contributed by atoms with Crippen molar-refractivity contribution in [3.8, 4) is 0 Å². The fraction of sp³-hybridized carbons (Fsp3) is 0.692. The molecule has 2 N–H and O–H groups in total. The number of hydrogen-bond acceptors (Lipinski definition) is 2. The van der Waals surface area contributed by atoms with Crippen LogP contribution in [-0.2, 0) is 0 Å². The predicted octanol–water partition coefficient (Wildman–Crippen LogP) is 5.49. The van der Waals surface area contributed by atoms with Crippen molar-refractivity contribution < 1.29 is 0 Å². The first-order valence-electron chi connectivity index (χ1n) is 6.32. The molecule has 1 nitrogen and oxygen atoms in total. The Labute approximate surface area is 124 Å². The third-order valence-corrected chi connectivity index (χ3v) is 7.26. The SMILES string of the molecule is CCC1CCCC(C(N)c2cc(Br)c(Br)s2)C1. The summed E-state index contributed by atoms with van der Waals surface area (Å²) in [7, 11) is 0. The van der Waals surface area contributed by atoms with E-state index < -0.39 is 0 Å². The van der Waals surface area contributed by atoms with Crippen molar-refractivity contribution in [1.29, 1.82) is 0 Å². The Kier molecular flexibility index (Phi) is 5.10. The molecule has 1 aromatic rings. The van der Waals surface area contributed by atoms with Crippen LogP contribution in [0.1, 0.15) is 49.9 Å². The maximum Gasteiger partial charge on any atom is 0.0843 e. The van der Waals surface area contributed by atoms with Gasteiger partial charge in [0.15, 0.2) is 0 Å². The lowest BCUT2D eigenvalue weighted by atomic mass is 9.77. The summed E-state index contributed by atoms with van der Waals surface area (Å²) >= 11 is 8.86. The summed E-state index contributed by atoms with van der Waals surface area (Å²) in [5, 5.41) is 0. The van der Waals surface area contributed by atoms with E-state index in [9.17, 15) is 0 Å². The molecule has 0 aliphatic heterocycles. The van der Waals surface area contributed by atoms with Crippen molar-refractivity contribution in [2.75, 3.05) is 0 Å². The quantitative estimate of drug-likeness (QED) is 0.736. The van der Waals surface area contributed by atoms with E-state index in [1.807, 2.05) is 0 Å². The highest BCUT2D eigenvalue weighted by Crippen LogP contribution is 2.42. The van der Waals surface area contributed by atoms with E-state index >= 15 is 0 Å². The van der Waals surface area contributed by atoms with Crippen molar-refractivity contribution in [3.63, 3.8) is 0 Å². The molecule has 17 heavy (non-hydrogen) atoms. The fourth-order valence-corrected chi connectivity index (χ4v) is 4.97. The van der Waals surface area contributed by atoms with E-state index in [2.05, 4.69) is 44.8 Å². The Hall–Kier alpha value is 0.620. The van der Waals surface area contributed by atoms with Gasteiger partial charge in [0.25, 0.3) is 0 Å². The summed E-state index contributed by atoms with van der Waals surface area (Å²) in [6.07, 6.45) is 6.67. The van der Waals surface area contributed by atoms with Gasteiger partial charge in [0.05, 0.1) is 3.79 Å². The molecule has 1 saturated carbocycles. The average Bonchev–Trinajstić information content (AvgIpc) is 2.69. The molecule has 1 aromatic heterocycles. The van der Waals surface area contributed by atoms with Gasteiger partial charge in [0, 0.05) is 15.4 Å². The Balaban J connectivity index is 2.06. The molecule has 96 valence electrons. The lowest BCUT2D eigenvalue weighted by Crippen LogP contribution is -2.26. The van der Waals surface area contributed by atoms with E-state index in [0.717, 1.165) is 14.2 Å². The molecule has 0 radical (unpaired) electrons. The topological polar surface area (TPSA) is 26.0 Å². The summed E-state index contributed by atoms with van der Waals surface area (Å²) < 4.78 is 2.29. The number of halogens is 2. The largest absolute Gasteiger partial charge is 0.323 e. The van der Waals surface area contributed by atoms with Crippen LogP contribution in [0.3, 0.4) is 0 Å². The van der Waals surface area contributed by atoms with Gasteiger partial charge in [-0.05, 0) is 62.6 Å². The Morgan fingerprint density at radius 3 is 2.82 bits per heavy atom. The summed E-state index contributed by atoms with van der Waals surface area (Å²) in [6, 6.07) is 2.39. The van der Waals surface area contributed by atoms with Crippen molar-refractivity contribution in [2.24, 2.45) is 17.6 Å². The average molecular weight is 381 g/mol. The molecule has 1 aliphatic rings. The second-order valence-electron chi connectivity index (χ2n) is 5.00. The monoisotopic (exact) mass is 379 g/mol. The van der Waals surface area contributed by atoms with E-state index in [4.69, 9.17) is 5.73 Å². The van der Waals surface area contributed by atoms with Gasteiger partial charge in [-0.15, -0.1) is 11.3 Å². The van der Waals surface area contributed by atoms with Crippen LogP contribution in [0.2, 0.25) is 0 Å². The zero-order valence-corrected chi connectivity index (χ0v) is 14.1. The summed E-state index contributed by atoms with van der Waals surface area (Å²) in [5.41, 5.74) is 6.44. The molecule has 0 bridgehead atoms. The smallest absolute Gasteiger partial charge is 0.0843 e. The van der Waals surface area contributed by atoms with Crippen LogP contribution < -0.4 is 5.73 Å². The molecule has 1 fully saturated rings. The summed E-state index contributed by atoms with van der Waals surface area (Å²) in [5.74, 6) is 1.57. The summed E-state index contributed by atoms with van der Waals surface area (Å²) in [4.78, 5) is 1.31. The first-order valence-corrected chi connectivity index (χ1v) is 8.72. The fourth-order valence-electron chi connectivity index (χ4n) is 2.79. The normalized spacial score (nSPS) is 27.1. The highest BCUT2D eigenvalue weighted by molar-refractivity contribution is 9.13. The molecule has 0 saturated heterocycles. The van der Waals surface area contributed by atoms with Gasteiger partial charge in [-0.2, -0.15) is 0 Å². The first-order chi connectivity index (χ1) is 8.11. The molecular formula is C13H19Br2NS. The molecule has 0 aromatic carbocycles. The van der Waals surface area contributed by atoms with Gasteiger partial charge in [0.2, 0.25) is 0 Å². The molecule has 3 unspecified atom stereocenters. The van der Waals surface area contributed by atoms with Gasteiger partial charge in [0.1, 0.15) is 0 Å². The van der Waals surface area contributed by atoms with Crippen LogP contribution in [0.15, 0.2) is 14.3 Å². The maximum absolute atomic E-state index is 6.44. The molecule has 2 rings (SSSR count). The lowest BCUT2D eigenvalue weighted by molar-refractivity contribution is 0.232. The zero-order chi connectivity index (χ0) is 12.4. The van der Waals surface area contributed by atoms with Crippen LogP contribution in [0.4, 0.5) is 0 Å². The molecular weight excluding hydrogens is 362 g/mol. The number of rotatable bonds is 3. The third-order valence-electron chi connectivity index (χ3n) is 3.90. The predicted molar refractivity (Wildman–Crippen MR) is 82.4 cm³/mol. The lowest BCUT2D eigenvalue weighted by Gasteiger charge is -2.32. The maximum atomic E-state index is 6.44. The highest BCUT2D eigenvalue weighted by Gasteiger charge is 2.27. The third kappa shape index (κ3) is 3.34. The van der Waals surface area contributed by atoms with Crippen LogP contribution in [0, 0.1) is 11.8 Å². The van der Waals surface area contributed by atoms with Crippen molar-refractivity contribution in [2.45, 2.75) is 45.1 Å². The standard InChI is InChI=1S/C13H19Br2NS/c1-2-8-4-3-5-9(6-8)12(16)11-7-10(14)13(15)17-11/h7-9,12H,2-6,16H2,1H3. The van der Waals surface area contributed by atoms with E-state index in [0.29, 0.717) is 5.92 Å². The summed E-state index contributed by atoms with van der Waals surface area (Å²) in [6.45, 7) is 2.30.